The summed E-state index contributed by atoms with van der Waals surface area (Å²) in [6.45, 7) is 2.14. The van der Waals surface area contributed by atoms with Gasteiger partial charge in [-0.25, -0.2) is 0 Å². The predicted molar refractivity (Wildman–Crippen MR) is 73.0 cm³/mol. The monoisotopic (exact) mass is 246 g/mol. The highest BCUT2D eigenvalue weighted by Crippen LogP contribution is 2.35. The molecule has 0 aromatic heterocycles. The molecule has 0 spiro atoms. The van der Waals surface area contributed by atoms with E-state index in [0.29, 0.717) is 5.75 Å². The maximum absolute atomic E-state index is 12.3. The molecule has 1 aliphatic rings. The highest BCUT2D eigenvalue weighted by Gasteiger charge is 2.33. The lowest BCUT2D eigenvalue weighted by Gasteiger charge is -2.08. The Morgan fingerprint density at radius 2 is 2.28 bits per heavy atom. The summed E-state index contributed by atoms with van der Waals surface area (Å²) in [5.41, 5.74) is 2.58. The zero-order chi connectivity index (χ0) is 13.1. The van der Waals surface area contributed by atoms with Gasteiger partial charge in [0.1, 0.15) is 5.75 Å². The quantitative estimate of drug-likeness (QED) is 0.794. The summed E-state index contributed by atoms with van der Waals surface area (Å²) in [5, 5.41) is 9.22. The Hall–Kier alpha value is -1.29. The molecule has 1 atom stereocenters. The van der Waals surface area contributed by atoms with Gasteiger partial charge >= 0.3 is 7.48 Å². The molecule has 0 bridgehead atoms. The zero-order valence-corrected chi connectivity index (χ0v) is 11.0. The van der Waals surface area contributed by atoms with Crippen molar-refractivity contribution in [2.75, 3.05) is 7.11 Å². The Morgan fingerprint density at radius 1 is 1.50 bits per heavy atom. The maximum Gasteiger partial charge on any atom is 0.304 e. The van der Waals surface area contributed by atoms with E-state index in [1.807, 2.05) is 6.07 Å². The molecule has 0 saturated heterocycles. The fourth-order valence-corrected chi connectivity index (χ4v) is 2.68. The molecule has 0 amide bonds. The maximum atomic E-state index is 12.3. The Bertz CT molecular complexity index is 457. The molecule has 1 aromatic carbocycles. The van der Waals surface area contributed by atoms with E-state index in [4.69, 9.17) is 4.74 Å². The van der Waals surface area contributed by atoms with Gasteiger partial charge in [-0.3, -0.25) is 4.79 Å². The van der Waals surface area contributed by atoms with E-state index < -0.39 is 0 Å². The van der Waals surface area contributed by atoms with Crippen molar-refractivity contribution in [3.8, 4) is 5.75 Å². The zero-order valence-electron chi connectivity index (χ0n) is 11.0. The third-order valence-electron chi connectivity index (χ3n) is 3.64. The predicted octanol–water partition coefficient (Wildman–Crippen LogP) is 1.21. The van der Waals surface area contributed by atoms with Gasteiger partial charge in [-0.15, -0.1) is 0 Å². The number of unbranched alkanes of at least 4 members (excludes halogenated alkanes) is 1. The van der Waals surface area contributed by atoms with Crippen LogP contribution in [0.4, 0.5) is 0 Å². The van der Waals surface area contributed by atoms with Crippen LogP contribution in [0.25, 0.3) is 0 Å². The summed E-state index contributed by atoms with van der Waals surface area (Å²) >= 11 is 0. The molecule has 2 rings (SSSR count). The Labute approximate surface area is 108 Å². The smallest absolute Gasteiger partial charge is 0.304 e. The minimum Gasteiger partial charge on any atom is -0.496 e. The number of ether oxygens (including phenoxy) is 1. The van der Waals surface area contributed by atoms with Gasteiger partial charge < -0.3 is 9.76 Å². The molecule has 1 N–H and O–H groups in total. The molecule has 4 heteroatoms. The van der Waals surface area contributed by atoms with Gasteiger partial charge in [-0.05, 0) is 29.9 Å². The number of ketones is 1. The van der Waals surface area contributed by atoms with Gasteiger partial charge in [-0.2, -0.15) is 0 Å². The van der Waals surface area contributed by atoms with Crippen molar-refractivity contribution < 1.29 is 14.6 Å². The minimum absolute atomic E-state index is 0.0164. The normalized spacial score (nSPS) is 17.7. The van der Waals surface area contributed by atoms with Crippen molar-refractivity contribution in [2.24, 2.45) is 5.92 Å². The number of hydrogen-bond donors (Lipinski definition) is 1. The molecule has 96 valence electrons. The molecule has 0 radical (unpaired) electrons. The average molecular weight is 246 g/mol. The number of carbonyl (C=O) groups excluding carboxylic acids is 1. The Balaban J connectivity index is 2.32. The fourth-order valence-electron chi connectivity index (χ4n) is 2.68. The molecule has 0 heterocycles. The minimum atomic E-state index is -0.0164. The number of Topliss-reactive ketones (excluding diaryl/α,β-unsaturated/α-hetero) is 1. The van der Waals surface area contributed by atoms with Crippen LogP contribution >= 0.6 is 0 Å². The van der Waals surface area contributed by atoms with Crippen LogP contribution in [0.2, 0.25) is 0 Å². The van der Waals surface area contributed by atoms with E-state index in [2.05, 4.69) is 6.92 Å². The van der Waals surface area contributed by atoms with Crippen LogP contribution in [0.1, 0.15) is 42.1 Å². The van der Waals surface area contributed by atoms with Gasteiger partial charge in [0.15, 0.2) is 5.78 Å². The van der Waals surface area contributed by atoms with E-state index in [1.54, 1.807) is 13.2 Å². The lowest BCUT2D eigenvalue weighted by Crippen LogP contribution is -2.15. The molecule has 0 saturated carbocycles. The van der Waals surface area contributed by atoms with Crippen LogP contribution in [-0.2, 0) is 6.42 Å². The Kier molecular flexibility index (Phi) is 4.07. The van der Waals surface area contributed by atoms with E-state index in [9.17, 15) is 9.82 Å². The molecular formula is C14H19BO3. The van der Waals surface area contributed by atoms with Crippen molar-refractivity contribution in [1.29, 1.82) is 0 Å². The molecule has 0 aliphatic heterocycles. The molecule has 1 aromatic rings. The van der Waals surface area contributed by atoms with Crippen LogP contribution in [-0.4, -0.2) is 25.4 Å². The van der Waals surface area contributed by atoms with E-state index in [1.165, 1.54) is 0 Å². The van der Waals surface area contributed by atoms with Crippen LogP contribution < -0.4 is 10.2 Å². The van der Waals surface area contributed by atoms with E-state index >= 15 is 0 Å². The summed E-state index contributed by atoms with van der Waals surface area (Å²) < 4.78 is 5.29. The second kappa shape index (κ2) is 5.57. The van der Waals surface area contributed by atoms with Gasteiger partial charge in [0, 0.05) is 5.92 Å². The Morgan fingerprint density at radius 3 is 2.89 bits per heavy atom. The first-order valence-electron chi connectivity index (χ1n) is 6.56. The van der Waals surface area contributed by atoms with Crippen molar-refractivity contribution in [2.45, 2.75) is 32.6 Å². The van der Waals surface area contributed by atoms with Crippen molar-refractivity contribution in [3.63, 3.8) is 0 Å². The third-order valence-corrected chi connectivity index (χ3v) is 3.64. The second-order valence-corrected chi connectivity index (χ2v) is 4.90. The first-order chi connectivity index (χ1) is 8.71. The largest absolute Gasteiger partial charge is 0.496 e. The lowest BCUT2D eigenvalue weighted by molar-refractivity contribution is 0.0927. The number of rotatable bonds is 5. The molecule has 18 heavy (non-hydrogen) atoms. The van der Waals surface area contributed by atoms with Crippen LogP contribution in [0, 0.1) is 5.92 Å². The average Bonchev–Trinajstić information content (AvgIpc) is 2.72. The fraction of sp³-hybridized carbons (Fsp3) is 0.500. The highest BCUT2D eigenvalue weighted by molar-refractivity contribution is 6.45. The topological polar surface area (TPSA) is 46.5 Å². The number of hydrogen-bond acceptors (Lipinski definition) is 3. The van der Waals surface area contributed by atoms with E-state index in [-0.39, 0.29) is 19.2 Å². The van der Waals surface area contributed by atoms with Crippen molar-refractivity contribution >= 4 is 18.7 Å². The summed E-state index contributed by atoms with van der Waals surface area (Å²) in [5.74, 6) is 0.920. The number of carbonyl (C=O) groups is 1. The molecule has 3 nitrogen and oxygen atoms in total. The first kappa shape index (κ1) is 13.2. The van der Waals surface area contributed by atoms with Crippen LogP contribution in [0.3, 0.4) is 0 Å². The summed E-state index contributed by atoms with van der Waals surface area (Å²) in [7, 11) is 1.56. The van der Waals surface area contributed by atoms with Crippen LogP contribution in [0.15, 0.2) is 12.1 Å². The van der Waals surface area contributed by atoms with E-state index in [0.717, 1.165) is 42.3 Å². The first-order valence-corrected chi connectivity index (χ1v) is 6.56. The molecule has 0 fully saturated rings. The third kappa shape index (κ3) is 2.30. The molecular weight excluding hydrogens is 227 g/mol. The molecule has 1 aliphatic carbocycles. The SMILES string of the molecule is CCCCC1Cc2cc(BO)cc(OC)c2C1=O. The van der Waals surface area contributed by atoms with Crippen molar-refractivity contribution in [3.05, 3.63) is 23.3 Å². The summed E-state index contributed by atoms with van der Waals surface area (Å²) in [4.78, 5) is 12.3. The van der Waals surface area contributed by atoms with Crippen LogP contribution in [0.5, 0.6) is 5.75 Å². The van der Waals surface area contributed by atoms with Crippen molar-refractivity contribution in [1.82, 2.24) is 0 Å². The van der Waals surface area contributed by atoms with Gasteiger partial charge in [0.2, 0.25) is 0 Å². The number of methoxy groups -OCH3 is 1. The van der Waals surface area contributed by atoms with Gasteiger partial charge in [0.25, 0.3) is 0 Å². The standard InChI is InChI=1S/C14H19BO3/c1-3-4-5-9-6-10-7-11(15-17)8-12(18-2)13(10)14(9)16/h7-9,15,17H,3-6H2,1-2H3. The lowest BCUT2D eigenvalue weighted by atomic mass is 9.86. The summed E-state index contributed by atoms with van der Waals surface area (Å²) in [6, 6.07) is 3.70. The molecule has 1 unspecified atom stereocenters. The summed E-state index contributed by atoms with van der Waals surface area (Å²) in [6.07, 6.45) is 3.93. The van der Waals surface area contributed by atoms with Gasteiger partial charge in [-0.1, -0.05) is 25.8 Å². The highest BCUT2D eigenvalue weighted by atomic mass is 16.5. The number of fused-ring (bicyclic) bond motifs is 1. The second-order valence-electron chi connectivity index (χ2n) is 4.90. The number of benzene rings is 1. The van der Waals surface area contributed by atoms with Gasteiger partial charge in [0.05, 0.1) is 12.7 Å².